The Hall–Kier alpha value is -2.11. The van der Waals surface area contributed by atoms with Crippen molar-refractivity contribution < 1.29 is 22.4 Å². The molecule has 2 aromatic rings. The van der Waals surface area contributed by atoms with Gasteiger partial charge in [0.15, 0.2) is 10.9 Å². The van der Waals surface area contributed by atoms with Crippen LogP contribution in [-0.2, 0) is 11.0 Å². The van der Waals surface area contributed by atoms with Gasteiger partial charge in [0.1, 0.15) is 11.4 Å². The van der Waals surface area contributed by atoms with Crippen molar-refractivity contribution in [1.29, 1.82) is 0 Å². The lowest BCUT2D eigenvalue weighted by Gasteiger charge is -2.32. The average molecular weight is 415 g/mol. The molecular weight excluding hydrogens is 395 g/mol. The highest BCUT2D eigenvalue weighted by Crippen LogP contribution is 2.32. The van der Waals surface area contributed by atoms with E-state index in [9.17, 15) is 18.0 Å². The van der Waals surface area contributed by atoms with Crippen LogP contribution >= 0.6 is 11.8 Å². The number of halogens is 3. The Labute approximate surface area is 164 Å². The Morgan fingerprint density at radius 3 is 2.68 bits per heavy atom. The molecule has 0 aromatic carbocycles. The highest BCUT2D eigenvalue weighted by atomic mass is 32.2. The number of nitrogens with zero attached hydrogens (tertiary/aromatic N) is 4. The smallest absolute Gasteiger partial charge is 0.433 e. The second-order valence-electron chi connectivity index (χ2n) is 6.32. The summed E-state index contributed by atoms with van der Waals surface area (Å²) in [6.07, 6.45) is -3.09. The first-order valence-corrected chi connectivity index (χ1v) is 9.66. The van der Waals surface area contributed by atoms with Crippen LogP contribution in [-0.4, -0.2) is 64.8 Å². The largest absolute Gasteiger partial charge is 0.463 e. The number of amides is 1. The standard InChI is InChI=1S/C17H20F3N5O2S/c1-24-5-7-25(8-6-24)23-15(26)4-10-28-16-21-12(13-3-2-9-27-13)11-14(22-16)17(18,19)20/h2-3,9,11H,4-8,10H2,1H3,(H,23,26). The zero-order valence-electron chi connectivity index (χ0n) is 15.2. The van der Waals surface area contributed by atoms with E-state index < -0.39 is 11.9 Å². The number of piperazine rings is 1. The van der Waals surface area contributed by atoms with E-state index in [0.29, 0.717) is 0 Å². The van der Waals surface area contributed by atoms with Crippen molar-refractivity contribution in [1.82, 2.24) is 25.3 Å². The van der Waals surface area contributed by atoms with Crippen LogP contribution in [0.25, 0.3) is 11.5 Å². The zero-order valence-corrected chi connectivity index (χ0v) is 16.0. The highest BCUT2D eigenvalue weighted by Gasteiger charge is 2.34. The van der Waals surface area contributed by atoms with Crippen molar-refractivity contribution in [3.63, 3.8) is 0 Å². The maximum Gasteiger partial charge on any atom is 0.433 e. The van der Waals surface area contributed by atoms with Crippen molar-refractivity contribution in [2.24, 2.45) is 0 Å². The normalized spacial score (nSPS) is 16.3. The molecule has 1 aliphatic heterocycles. The molecule has 3 heterocycles. The number of hydrogen-bond acceptors (Lipinski definition) is 7. The van der Waals surface area contributed by atoms with Gasteiger partial charge in [-0.25, -0.2) is 15.0 Å². The first-order valence-electron chi connectivity index (χ1n) is 8.67. The third-order valence-electron chi connectivity index (χ3n) is 4.12. The van der Waals surface area contributed by atoms with Gasteiger partial charge in [-0.1, -0.05) is 11.8 Å². The van der Waals surface area contributed by atoms with E-state index in [1.165, 1.54) is 12.3 Å². The van der Waals surface area contributed by atoms with Gasteiger partial charge in [-0.05, 0) is 25.2 Å². The van der Waals surface area contributed by atoms with Gasteiger partial charge >= 0.3 is 6.18 Å². The Morgan fingerprint density at radius 1 is 1.29 bits per heavy atom. The first kappa shape index (κ1) is 20.6. The van der Waals surface area contributed by atoms with Gasteiger partial charge in [0.25, 0.3) is 0 Å². The lowest BCUT2D eigenvalue weighted by Crippen LogP contribution is -2.52. The van der Waals surface area contributed by atoms with E-state index in [1.807, 2.05) is 12.1 Å². The van der Waals surface area contributed by atoms with E-state index in [2.05, 4.69) is 20.3 Å². The minimum Gasteiger partial charge on any atom is -0.463 e. The molecule has 0 unspecified atom stereocenters. The highest BCUT2D eigenvalue weighted by molar-refractivity contribution is 7.99. The van der Waals surface area contributed by atoms with Crippen LogP contribution in [0.2, 0.25) is 0 Å². The fourth-order valence-electron chi connectivity index (χ4n) is 2.57. The predicted molar refractivity (Wildman–Crippen MR) is 97.3 cm³/mol. The number of thioether (sulfide) groups is 1. The maximum atomic E-state index is 13.1. The summed E-state index contributed by atoms with van der Waals surface area (Å²) in [5, 5.41) is 1.80. The Morgan fingerprint density at radius 2 is 2.04 bits per heavy atom. The van der Waals surface area contributed by atoms with E-state index in [4.69, 9.17) is 4.42 Å². The topological polar surface area (TPSA) is 74.5 Å². The van der Waals surface area contributed by atoms with Crippen LogP contribution in [0.15, 0.2) is 34.0 Å². The second kappa shape index (κ2) is 8.93. The molecule has 1 aliphatic rings. The molecular formula is C17H20F3N5O2S. The van der Waals surface area contributed by atoms with Crippen molar-refractivity contribution in [2.45, 2.75) is 17.8 Å². The quantitative estimate of drug-likeness (QED) is 0.574. The van der Waals surface area contributed by atoms with Crippen LogP contribution in [0, 0.1) is 0 Å². The van der Waals surface area contributed by atoms with E-state index in [-0.39, 0.29) is 34.7 Å². The summed E-state index contributed by atoms with van der Waals surface area (Å²) in [6, 6.07) is 3.95. The van der Waals surface area contributed by atoms with E-state index >= 15 is 0 Å². The average Bonchev–Trinajstić information content (AvgIpc) is 3.17. The summed E-state index contributed by atoms with van der Waals surface area (Å²) in [5.74, 6) is 0.302. The number of nitrogens with one attached hydrogen (secondary N) is 1. The molecule has 1 fully saturated rings. The molecule has 0 aliphatic carbocycles. The van der Waals surface area contributed by atoms with Gasteiger partial charge in [-0.2, -0.15) is 13.2 Å². The summed E-state index contributed by atoms with van der Waals surface area (Å²) in [6.45, 7) is 3.20. The number of furan rings is 1. The number of hydrogen-bond donors (Lipinski definition) is 1. The van der Waals surface area contributed by atoms with E-state index in [1.54, 1.807) is 6.07 Å². The lowest BCUT2D eigenvalue weighted by atomic mass is 10.2. The number of aromatic nitrogens is 2. The van der Waals surface area contributed by atoms with Gasteiger partial charge in [-0.15, -0.1) is 0 Å². The molecule has 2 aromatic heterocycles. The zero-order chi connectivity index (χ0) is 20.1. The first-order chi connectivity index (χ1) is 13.3. The van der Waals surface area contributed by atoms with Crippen molar-refractivity contribution in [3.05, 3.63) is 30.2 Å². The summed E-state index contributed by atoms with van der Waals surface area (Å²) < 4.78 is 44.5. The number of alkyl halides is 3. The van der Waals surface area contributed by atoms with Gasteiger partial charge in [-0.3, -0.25) is 10.2 Å². The van der Waals surface area contributed by atoms with Crippen LogP contribution in [0.3, 0.4) is 0 Å². The molecule has 0 atom stereocenters. The molecule has 3 rings (SSSR count). The van der Waals surface area contributed by atoms with Crippen LogP contribution in [0.5, 0.6) is 0 Å². The van der Waals surface area contributed by atoms with Crippen LogP contribution in [0.4, 0.5) is 13.2 Å². The number of carbonyl (C=O) groups is 1. The van der Waals surface area contributed by atoms with Gasteiger partial charge in [0.2, 0.25) is 5.91 Å². The number of likely N-dealkylation sites (N-methyl/N-ethyl adjacent to an activating group) is 1. The molecule has 1 N–H and O–H groups in total. The summed E-state index contributed by atoms with van der Waals surface area (Å²) >= 11 is 1.00. The Bertz CT molecular complexity index is 793. The molecule has 0 saturated carbocycles. The Kier molecular flexibility index (Phi) is 6.57. The third kappa shape index (κ3) is 5.69. The second-order valence-corrected chi connectivity index (χ2v) is 7.38. The number of hydrazine groups is 1. The van der Waals surface area contributed by atoms with E-state index in [0.717, 1.165) is 44.0 Å². The molecule has 28 heavy (non-hydrogen) atoms. The third-order valence-corrected chi connectivity index (χ3v) is 4.97. The molecule has 11 heteroatoms. The molecule has 7 nitrogen and oxygen atoms in total. The molecule has 0 spiro atoms. The monoisotopic (exact) mass is 415 g/mol. The van der Waals surface area contributed by atoms with Gasteiger partial charge in [0.05, 0.1) is 6.26 Å². The summed E-state index contributed by atoms with van der Waals surface area (Å²) in [5.41, 5.74) is 1.82. The molecule has 1 saturated heterocycles. The summed E-state index contributed by atoms with van der Waals surface area (Å²) in [7, 11) is 2.02. The van der Waals surface area contributed by atoms with Crippen molar-refractivity contribution >= 4 is 17.7 Å². The number of rotatable bonds is 6. The molecule has 0 bridgehead atoms. The van der Waals surface area contributed by atoms with Crippen molar-refractivity contribution in [2.75, 3.05) is 39.0 Å². The van der Waals surface area contributed by atoms with Gasteiger partial charge in [0, 0.05) is 38.4 Å². The summed E-state index contributed by atoms with van der Waals surface area (Å²) in [4.78, 5) is 21.9. The fourth-order valence-corrected chi connectivity index (χ4v) is 3.37. The number of carbonyl (C=O) groups excluding carboxylic acids is 1. The minimum absolute atomic E-state index is 0.0476. The Balaban J connectivity index is 1.59. The minimum atomic E-state index is -4.60. The van der Waals surface area contributed by atoms with Crippen LogP contribution < -0.4 is 5.43 Å². The predicted octanol–water partition coefficient (Wildman–Crippen LogP) is 2.52. The SMILES string of the molecule is CN1CCN(NC(=O)CCSc2nc(-c3ccco3)cc(C(F)(F)F)n2)CC1. The molecule has 1 amide bonds. The molecule has 0 radical (unpaired) electrons. The lowest BCUT2D eigenvalue weighted by molar-refractivity contribution is -0.141. The maximum absolute atomic E-state index is 13.1. The fraction of sp³-hybridized carbons (Fsp3) is 0.471. The van der Waals surface area contributed by atoms with Crippen molar-refractivity contribution in [3.8, 4) is 11.5 Å². The van der Waals surface area contributed by atoms with Gasteiger partial charge < -0.3 is 9.32 Å². The van der Waals surface area contributed by atoms with Crippen LogP contribution in [0.1, 0.15) is 12.1 Å². The molecule has 152 valence electrons.